The van der Waals surface area contributed by atoms with E-state index in [0.29, 0.717) is 11.1 Å². The minimum Gasteiger partial charge on any atom is -0.335 e. The number of hydrogen-bond acceptors (Lipinski definition) is 3. The third-order valence-electron chi connectivity index (χ3n) is 3.92. The maximum Gasteiger partial charge on any atom is 0.273 e. The fraction of sp³-hybridized carbons (Fsp3) is 0.235. The molecule has 0 heterocycles. The molecule has 0 radical (unpaired) electrons. The highest BCUT2D eigenvalue weighted by molar-refractivity contribution is 5.96. The second-order valence-corrected chi connectivity index (χ2v) is 5.21. The topological polar surface area (TPSA) is 63.5 Å². The van der Waals surface area contributed by atoms with Crippen molar-refractivity contribution in [2.75, 3.05) is 7.05 Å². The Hall–Kier alpha value is -2.69. The molecule has 1 atom stereocenters. The van der Waals surface area contributed by atoms with Gasteiger partial charge in [0.05, 0.1) is 11.0 Å². The van der Waals surface area contributed by atoms with E-state index in [1.54, 1.807) is 31.0 Å². The normalized spacial score (nSPS) is 11.8. The van der Waals surface area contributed by atoms with Gasteiger partial charge in [-0.2, -0.15) is 0 Å². The van der Waals surface area contributed by atoms with Crippen LogP contribution in [0.2, 0.25) is 0 Å². The molecule has 0 saturated carbocycles. The van der Waals surface area contributed by atoms with Crippen LogP contribution in [-0.4, -0.2) is 22.8 Å². The lowest BCUT2D eigenvalue weighted by Crippen LogP contribution is -2.30. The molecule has 2 aromatic rings. The molecule has 0 spiro atoms. The maximum atomic E-state index is 12.7. The average Bonchev–Trinajstić information content (AvgIpc) is 2.53. The van der Waals surface area contributed by atoms with Gasteiger partial charge in [-0.1, -0.05) is 36.4 Å². The van der Waals surface area contributed by atoms with Gasteiger partial charge < -0.3 is 4.90 Å². The van der Waals surface area contributed by atoms with Gasteiger partial charge in [0.2, 0.25) is 0 Å². The Labute approximate surface area is 129 Å². The monoisotopic (exact) mass is 298 g/mol. The standard InChI is InChI=1S/C17H18N2O3/c1-12-15(10-7-11-16(12)19(21)22)17(20)18(3)13(2)14-8-5-4-6-9-14/h4-11,13H,1-3H3. The van der Waals surface area contributed by atoms with Crippen LogP contribution in [0.3, 0.4) is 0 Å². The van der Waals surface area contributed by atoms with Crippen molar-refractivity contribution >= 4 is 11.6 Å². The maximum absolute atomic E-state index is 12.7. The summed E-state index contributed by atoms with van der Waals surface area (Å²) < 4.78 is 0. The second-order valence-electron chi connectivity index (χ2n) is 5.21. The number of hydrogen-bond donors (Lipinski definition) is 0. The van der Waals surface area contributed by atoms with Gasteiger partial charge in [0, 0.05) is 24.2 Å². The van der Waals surface area contributed by atoms with Crippen LogP contribution in [0, 0.1) is 17.0 Å². The zero-order valence-electron chi connectivity index (χ0n) is 12.8. The van der Waals surface area contributed by atoms with Crippen LogP contribution in [-0.2, 0) is 0 Å². The lowest BCUT2D eigenvalue weighted by atomic mass is 10.0. The summed E-state index contributed by atoms with van der Waals surface area (Å²) in [5.74, 6) is -0.224. The van der Waals surface area contributed by atoms with E-state index < -0.39 is 4.92 Å². The van der Waals surface area contributed by atoms with Crippen LogP contribution in [0.5, 0.6) is 0 Å². The van der Waals surface area contributed by atoms with Crippen molar-refractivity contribution in [3.8, 4) is 0 Å². The van der Waals surface area contributed by atoms with Crippen molar-refractivity contribution in [1.29, 1.82) is 0 Å². The second kappa shape index (κ2) is 6.39. The van der Waals surface area contributed by atoms with Gasteiger partial charge in [-0.15, -0.1) is 0 Å². The molecule has 2 aromatic carbocycles. The molecule has 0 aromatic heterocycles. The highest BCUT2D eigenvalue weighted by Gasteiger charge is 2.23. The number of rotatable bonds is 4. The van der Waals surface area contributed by atoms with E-state index in [0.717, 1.165) is 5.56 Å². The van der Waals surface area contributed by atoms with Gasteiger partial charge in [-0.3, -0.25) is 14.9 Å². The Bertz CT molecular complexity index is 698. The molecule has 0 fully saturated rings. The molecular formula is C17H18N2O3. The van der Waals surface area contributed by atoms with Crippen molar-refractivity contribution in [1.82, 2.24) is 4.90 Å². The Morgan fingerprint density at radius 1 is 1.14 bits per heavy atom. The Balaban J connectivity index is 2.32. The van der Waals surface area contributed by atoms with Gasteiger partial charge >= 0.3 is 0 Å². The van der Waals surface area contributed by atoms with Crippen LogP contribution >= 0.6 is 0 Å². The van der Waals surface area contributed by atoms with E-state index in [1.165, 1.54) is 6.07 Å². The zero-order chi connectivity index (χ0) is 16.3. The van der Waals surface area contributed by atoms with Crippen LogP contribution in [0.1, 0.15) is 34.5 Å². The number of benzene rings is 2. The molecule has 5 heteroatoms. The van der Waals surface area contributed by atoms with Crippen molar-refractivity contribution in [2.24, 2.45) is 0 Å². The van der Waals surface area contributed by atoms with E-state index in [2.05, 4.69) is 0 Å². The lowest BCUT2D eigenvalue weighted by molar-refractivity contribution is -0.385. The van der Waals surface area contributed by atoms with Crippen molar-refractivity contribution < 1.29 is 9.72 Å². The van der Waals surface area contributed by atoms with Crippen molar-refractivity contribution in [3.63, 3.8) is 0 Å². The number of nitro benzene ring substituents is 1. The molecule has 0 aliphatic heterocycles. The first kappa shape index (κ1) is 15.7. The molecule has 0 saturated heterocycles. The van der Waals surface area contributed by atoms with E-state index in [9.17, 15) is 14.9 Å². The lowest BCUT2D eigenvalue weighted by Gasteiger charge is -2.26. The minimum absolute atomic E-state index is 0.0355. The van der Waals surface area contributed by atoms with Crippen molar-refractivity contribution in [3.05, 3.63) is 75.3 Å². The predicted octanol–water partition coefficient (Wildman–Crippen LogP) is 3.74. The number of nitro groups is 1. The quantitative estimate of drug-likeness (QED) is 0.638. The van der Waals surface area contributed by atoms with Crippen LogP contribution in [0.15, 0.2) is 48.5 Å². The third-order valence-corrected chi connectivity index (χ3v) is 3.92. The fourth-order valence-corrected chi connectivity index (χ4v) is 2.37. The largest absolute Gasteiger partial charge is 0.335 e. The SMILES string of the molecule is Cc1c(C(=O)N(C)C(C)c2ccccc2)cccc1[N+](=O)[O-]. The van der Waals surface area contributed by atoms with Gasteiger partial charge in [-0.05, 0) is 25.5 Å². The summed E-state index contributed by atoms with van der Waals surface area (Å²) >= 11 is 0. The molecule has 0 N–H and O–H groups in total. The molecule has 1 unspecified atom stereocenters. The molecule has 0 aliphatic rings. The minimum atomic E-state index is -0.466. The van der Waals surface area contributed by atoms with Crippen molar-refractivity contribution in [2.45, 2.75) is 19.9 Å². The molecule has 1 amide bonds. The smallest absolute Gasteiger partial charge is 0.273 e. The molecule has 22 heavy (non-hydrogen) atoms. The van der Waals surface area contributed by atoms with Gasteiger partial charge in [0.25, 0.3) is 11.6 Å². The predicted molar refractivity (Wildman–Crippen MR) is 84.8 cm³/mol. The molecule has 0 aliphatic carbocycles. The average molecular weight is 298 g/mol. The van der Waals surface area contributed by atoms with Crippen LogP contribution < -0.4 is 0 Å². The molecule has 5 nitrogen and oxygen atoms in total. The molecule has 0 bridgehead atoms. The molecule has 114 valence electrons. The van der Waals surface area contributed by atoms with E-state index in [-0.39, 0.29) is 17.6 Å². The van der Waals surface area contributed by atoms with Gasteiger partial charge in [0.1, 0.15) is 0 Å². The third kappa shape index (κ3) is 2.98. The highest BCUT2D eigenvalue weighted by Crippen LogP contribution is 2.25. The molecular weight excluding hydrogens is 280 g/mol. The van der Waals surface area contributed by atoms with Gasteiger partial charge in [0.15, 0.2) is 0 Å². The summed E-state index contributed by atoms with van der Waals surface area (Å²) in [5, 5.41) is 11.0. The first-order valence-corrected chi connectivity index (χ1v) is 6.99. The summed E-state index contributed by atoms with van der Waals surface area (Å²) in [4.78, 5) is 24.8. The summed E-state index contributed by atoms with van der Waals surface area (Å²) in [6, 6.07) is 14.1. The molecule has 2 rings (SSSR count). The summed E-state index contributed by atoms with van der Waals surface area (Å²) in [5.41, 5.74) is 1.73. The van der Waals surface area contributed by atoms with E-state index in [1.807, 2.05) is 37.3 Å². The van der Waals surface area contributed by atoms with Crippen LogP contribution in [0.4, 0.5) is 5.69 Å². The first-order chi connectivity index (χ1) is 10.4. The Kier molecular flexibility index (Phi) is 4.56. The number of carbonyl (C=O) groups is 1. The first-order valence-electron chi connectivity index (χ1n) is 6.99. The van der Waals surface area contributed by atoms with E-state index in [4.69, 9.17) is 0 Å². The summed E-state index contributed by atoms with van der Waals surface area (Å²) in [6.07, 6.45) is 0. The number of carbonyl (C=O) groups excluding carboxylic acids is 1. The van der Waals surface area contributed by atoms with Gasteiger partial charge in [-0.25, -0.2) is 0 Å². The van der Waals surface area contributed by atoms with Crippen LogP contribution in [0.25, 0.3) is 0 Å². The summed E-state index contributed by atoms with van der Waals surface area (Å²) in [6.45, 7) is 3.53. The number of amides is 1. The Morgan fingerprint density at radius 3 is 2.36 bits per heavy atom. The number of nitrogens with zero attached hydrogens (tertiary/aromatic N) is 2. The van der Waals surface area contributed by atoms with E-state index >= 15 is 0 Å². The fourth-order valence-electron chi connectivity index (χ4n) is 2.37. The zero-order valence-corrected chi connectivity index (χ0v) is 12.8. The summed E-state index contributed by atoms with van der Waals surface area (Å²) in [7, 11) is 1.71. The Morgan fingerprint density at radius 2 is 1.77 bits per heavy atom. The highest BCUT2D eigenvalue weighted by atomic mass is 16.6.